The lowest BCUT2D eigenvalue weighted by molar-refractivity contribution is 0.0731. The number of aryl methyl sites for hydroxylation is 2. The third-order valence-electron chi connectivity index (χ3n) is 3.81. The molecule has 3 rings (SSSR count). The molecule has 1 fully saturated rings. The Hall–Kier alpha value is -2.10. The zero-order valence-electron chi connectivity index (χ0n) is 11.8. The van der Waals surface area contributed by atoms with E-state index in [4.69, 9.17) is 4.42 Å². The Kier molecular flexibility index (Phi) is 3.30. The van der Waals surface area contributed by atoms with E-state index < -0.39 is 0 Å². The summed E-state index contributed by atoms with van der Waals surface area (Å²) in [5, 5.41) is 0. The quantitative estimate of drug-likeness (QED) is 0.841. The number of amides is 1. The molecule has 0 unspecified atom stereocenters. The van der Waals surface area contributed by atoms with Gasteiger partial charge in [-0.2, -0.15) is 0 Å². The van der Waals surface area contributed by atoms with Gasteiger partial charge in [0.15, 0.2) is 0 Å². The minimum Gasteiger partial charge on any atom is -0.466 e. The van der Waals surface area contributed by atoms with E-state index in [9.17, 15) is 4.79 Å². The lowest BCUT2D eigenvalue weighted by Gasteiger charge is -2.24. The minimum atomic E-state index is 0.0486. The lowest BCUT2D eigenvalue weighted by Crippen LogP contribution is -2.31. The van der Waals surface area contributed by atoms with Crippen LogP contribution < -0.4 is 0 Å². The molecule has 1 aliphatic heterocycles. The lowest BCUT2D eigenvalue weighted by atomic mass is 10.1. The molecular weight excluding hydrogens is 252 g/mol. The summed E-state index contributed by atoms with van der Waals surface area (Å²) in [7, 11) is 0. The zero-order valence-corrected chi connectivity index (χ0v) is 11.8. The van der Waals surface area contributed by atoms with Crippen LogP contribution in [0.3, 0.4) is 0 Å². The van der Waals surface area contributed by atoms with Crippen LogP contribution in [0.15, 0.2) is 34.9 Å². The predicted octanol–water partition coefficient (Wildman–Crippen LogP) is 3.27. The van der Waals surface area contributed by atoms with Gasteiger partial charge in [0.25, 0.3) is 5.91 Å². The van der Waals surface area contributed by atoms with E-state index in [0.717, 1.165) is 30.8 Å². The molecule has 0 aliphatic carbocycles. The van der Waals surface area contributed by atoms with E-state index in [1.165, 1.54) is 0 Å². The van der Waals surface area contributed by atoms with Gasteiger partial charge >= 0.3 is 0 Å². The molecule has 0 N–H and O–H groups in total. The van der Waals surface area contributed by atoms with Crippen molar-refractivity contribution in [1.29, 1.82) is 0 Å². The second kappa shape index (κ2) is 5.12. The Morgan fingerprint density at radius 2 is 2.25 bits per heavy atom. The van der Waals surface area contributed by atoms with E-state index in [2.05, 4.69) is 4.98 Å². The van der Waals surface area contributed by atoms with Crippen LogP contribution in [-0.4, -0.2) is 22.3 Å². The highest BCUT2D eigenvalue weighted by Crippen LogP contribution is 2.32. The number of hydrogen-bond donors (Lipinski definition) is 0. The molecule has 104 valence electrons. The summed E-state index contributed by atoms with van der Waals surface area (Å²) in [5.41, 5.74) is 1.64. The van der Waals surface area contributed by atoms with Crippen LogP contribution in [0.5, 0.6) is 0 Å². The van der Waals surface area contributed by atoms with Gasteiger partial charge in [-0.05, 0) is 44.9 Å². The number of nitrogens with zero attached hydrogens (tertiary/aromatic N) is 2. The Morgan fingerprint density at radius 3 is 2.90 bits per heavy atom. The summed E-state index contributed by atoms with van der Waals surface area (Å²) in [4.78, 5) is 19.0. The monoisotopic (exact) mass is 270 g/mol. The topological polar surface area (TPSA) is 46.3 Å². The smallest absolute Gasteiger partial charge is 0.257 e. The van der Waals surface area contributed by atoms with Crippen molar-refractivity contribution >= 4 is 5.91 Å². The second-order valence-corrected chi connectivity index (χ2v) is 5.24. The molecule has 0 spiro atoms. The number of pyridine rings is 1. The van der Waals surface area contributed by atoms with Gasteiger partial charge in [-0.1, -0.05) is 6.07 Å². The number of carbonyl (C=O) groups is 1. The van der Waals surface area contributed by atoms with E-state index in [0.29, 0.717) is 11.3 Å². The average Bonchev–Trinajstić information content (AvgIpc) is 3.05. The molecule has 1 aliphatic rings. The van der Waals surface area contributed by atoms with Crippen molar-refractivity contribution < 1.29 is 9.21 Å². The molecule has 2 aromatic rings. The van der Waals surface area contributed by atoms with Gasteiger partial charge in [0, 0.05) is 12.7 Å². The van der Waals surface area contributed by atoms with Gasteiger partial charge in [0.1, 0.15) is 11.5 Å². The van der Waals surface area contributed by atoms with Gasteiger partial charge in [0.05, 0.1) is 17.3 Å². The van der Waals surface area contributed by atoms with E-state index in [1.807, 2.05) is 43.0 Å². The van der Waals surface area contributed by atoms with Gasteiger partial charge in [0.2, 0.25) is 0 Å². The van der Waals surface area contributed by atoms with Crippen molar-refractivity contribution in [2.75, 3.05) is 6.54 Å². The fourth-order valence-corrected chi connectivity index (χ4v) is 2.89. The number of rotatable bonds is 2. The van der Waals surface area contributed by atoms with E-state index in [-0.39, 0.29) is 11.9 Å². The average molecular weight is 270 g/mol. The highest BCUT2D eigenvalue weighted by molar-refractivity contribution is 5.95. The summed E-state index contributed by atoms with van der Waals surface area (Å²) in [6, 6.07) is 7.76. The fraction of sp³-hybridized carbons (Fsp3) is 0.375. The second-order valence-electron chi connectivity index (χ2n) is 5.24. The van der Waals surface area contributed by atoms with Crippen LogP contribution in [0, 0.1) is 13.8 Å². The van der Waals surface area contributed by atoms with Gasteiger partial charge in [-0.15, -0.1) is 0 Å². The maximum atomic E-state index is 12.7. The van der Waals surface area contributed by atoms with Crippen LogP contribution in [-0.2, 0) is 0 Å². The molecule has 0 saturated carbocycles. The maximum absolute atomic E-state index is 12.7. The Labute approximate surface area is 118 Å². The van der Waals surface area contributed by atoms with Crippen molar-refractivity contribution in [1.82, 2.24) is 9.88 Å². The van der Waals surface area contributed by atoms with Gasteiger partial charge in [-0.3, -0.25) is 9.78 Å². The Bertz CT molecular complexity index is 619. The van der Waals surface area contributed by atoms with E-state index >= 15 is 0 Å². The molecule has 4 heteroatoms. The number of likely N-dealkylation sites (tertiary alicyclic amines) is 1. The van der Waals surface area contributed by atoms with Crippen LogP contribution in [0.1, 0.15) is 46.5 Å². The normalized spacial score (nSPS) is 18.5. The first-order chi connectivity index (χ1) is 9.66. The van der Waals surface area contributed by atoms with E-state index in [1.54, 1.807) is 6.20 Å². The summed E-state index contributed by atoms with van der Waals surface area (Å²) < 4.78 is 5.47. The first-order valence-corrected chi connectivity index (χ1v) is 6.96. The van der Waals surface area contributed by atoms with Crippen molar-refractivity contribution in [2.45, 2.75) is 32.7 Å². The molecule has 2 aromatic heterocycles. The number of aromatic nitrogens is 1. The van der Waals surface area contributed by atoms with Crippen LogP contribution in [0.2, 0.25) is 0 Å². The van der Waals surface area contributed by atoms with Crippen molar-refractivity contribution in [2.24, 2.45) is 0 Å². The Morgan fingerprint density at radius 1 is 1.40 bits per heavy atom. The van der Waals surface area contributed by atoms with Gasteiger partial charge < -0.3 is 9.32 Å². The molecule has 4 nitrogen and oxygen atoms in total. The van der Waals surface area contributed by atoms with Gasteiger partial charge in [-0.25, -0.2) is 0 Å². The molecule has 3 heterocycles. The molecular formula is C16H18N2O2. The summed E-state index contributed by atoms with van der Waals surface area (Å²) >= 11 is 0. The SMILES string of the molecule is Cc1cc(C(=O)N2CCC[C@@H]2c2ccccn2)c(C)o1. The number of hydrogen-bond acceptors (Lipinski definition) is 3. The van der Waals surface area contributed by atoms with Crippen LogP contribution in [0.25, 0.3) is 0 Å². The zero-order chi connectivity index (χ0) is 14.1. The van der Waals surface area contributed by atoms with Crippen molar-refractivity contribution in [3.05, 3.63) is 53.2 Å². The molecule has 20 heavy (non-hydrogen) atoms. The first kappa shape index (κ1) is 12.9. The summed E-state index contributed by atoms with van der Waals surface area (Å²) in [6.07, 6.45) is 3.77. The van der Waals surface area contributed by atoms with Crippen molar-refractivity contribution in [3.8, 4) is 0 Å². The highest BCUT2D eigenvalue weighted by atomic mass is 16.3. The van der Waals surface area contributed by atoms with Crippen LogP contribution >= 0.6 is 0 Å². The molecule has 0 aromatic carbocycles. The predicted molar refractivity (Wildman–Crippen MR) is 75.4 cm³/mol. The largest absolute Gasteiger partial charge is 0.466 e. The fourth-order valence-electron chi connectivity index (χ4n) is 2.89. The third-order valence-corrected chi connectivity index (χ3v) is 3.81. The standard InChI is InChI=1S/C16H18N2O2/c1-11-10-13(12(2)20-11)16(19)18-9-5-7-15(18)14-6-3-4-8-17-14/h3-4,6,8,10,15H,5,7,9H2,1-2H3/t15-/m1/s1. The van der Waals surface area contributed by atoms with Crippen molar-refractivity contribution in [3.63, 3.8) is 0 Å². The van der Waals surface area contributed by atoms with Crippen LogP contribution in [0.4, 0.5) is 0 Å². The summed E-state index contributed by atoms with van der Waals surface area (Å²) in [5.74, 6) is 1.52. The number of furan rings is 1. The minimum absolute atomic E-state index is 0.0486. The molecule has 1 atom stereocenters. The maximum Gasteiger partial charge on any atom is 0.257 e. The molecule has 1 amide bonds. The Balaban J connectivity index is 1.89. The number of carbonyl (C=O) groups excluding carboxylic acids is 1. The molecule has 1 saturated heterocycles. The first-order valence-electron chi connectivity index (χ1n) is 6.96. The summed E-state index contributed by atoms with van der Waals surface area (Å²) in [6.45, 7) is 4.49. The third kappa shape index (κ3) is 2.22. The molecule has 0 radical (unpaired) electrons. The highest BCUT2D eigenvalue weighted by Gasteiger charge is 2.32. The molecule has 0 bridgehead atoms.